The highest BCUT2D eigenvalue weighted by Gasteiger charge is 2.22. The van der Waals surface area contributed by atoms with Gasteiger partial charge in [-0.1, -0.05) is 115 Å². The predicted molar refractivity (Wildman–Crippen MR) is 236 cm³/mol. The van der Waals surface area contributed by atoms with Crippen molar-refractivity contribution in [3.63, 3.8) is 0 Å². The molecule has 0 spiro atoms. The molecule has 0 radical (unpaired) electrons. The molecule has 5 heteroatoms. The molecule has 0 unspecified atom stereocenters. The molecule has 12 rings (SSSR count). The summed E-state index contributed by atoms with van der Waals surface area (Å²) < 4.78 is 7.68. The van der Waals surface area contributed by atoms with Crippen molar-refractivity contribution < 1.29 is 0 Å². The minimum Gasteiger partial charge on any atom is -0.309 e. The van der Waals surface area contributed by atoms with Gasteiger partial charge in [0.25, 0.3) is 0 Å². The molecule has 12 aromatic rings. The first kappa shape index (κ1) is 30.8. The van der Waals surface area contributed by atoms with E-state index in [1.165, 1.54) is 72.9 Å². The fourth-order valence-electron chi connectivity index (χ4n) is 8.51. The maximum Gasteiger partial charge on any atom is 0.160 e. The van der Waals surface area contributed by atoms with Gasteiger partial charge in [-0.15, -0.1) is 22.7 Å². The molecule has 8 aromatic carbocycles. The first-order valence-corrected chi connectivity index (χ1v) is 20.1. The van der Waals surface area contributed by atoms with Crippen LogP contribution in [0.2, 0.25) is 0 Å². The second kappa shape index (κ2) is 11.9. The largest absolute Gasteiger partial charge is 0.309 e. The van der Waals surface area contributed by atoms with Gasteiger partial charge in [0.15, 0.2) is 5.82 Å². The summed E-state index contributed by atoms with van der Waals surface area (Å²) in [7, 11) is 0. The second-order valence-electron chi connectivity index (χ2n) is 14.1. The van der Waals surface area contributed by atoms with Crippen LogP contribution in [0.15, 0.2) is 176 Å². The van der Waals surface area contributed by atoms with E-state index in [0.717, 1.165) is 33.8 Å². The molecule has 0 bridgehead atoms. The average Bonchev–Trinajstić information content (AvgIpc) is 3.94. The molecule has 0 aliphatic rings. The summed E-state index contributed by atoms with van der Waals surface area (Å²) in [6.45, 7) is 0. The maximum atomic E-state index is 5.25. The summed E-state index contributed by atoms with van der Waals surface area (Å²) in [5, 5.41) is 10.3. The smallest absolute Gasteiger partial charge is 0.160 e. The average molecular weight is 736 g/mol. The highest BCUT2D eigenvalue weighted by Crippen LogP contribution is 2.48. The van der Waals surface area contributed by atoms with E-state index in [4.69, 9.17) is 9.97 Å². The van der Waals surface area contributed by atoms with E-state index < -0.39 is 0 Å². The molecule has 4 aromatic heterocycles. The van der Waals surface area contributed by atoms with Gasteiger partial charge in [-0.2, -0.15) is 0 Å². The van der Waals surface area contributed by atoms with Crippen molar-refractivity contribution in [2.45, 2.75) is 0 Å². The fourth-order valence-corrected chi connectivity index (χ4v) is 10.8. The summed E-state index contributed by atoms with van der Waals surface area (Å²) in [6, 6.07) is 63.3. The Morgan fingerprint density at radius 3 is 1.78 bits per heavy atom. The van der Waals surface area contributed by atoms with E-state index in [1.54, 1.807) is 0 Å². The molecule has 55 heavy (non-hydrogen) atoms. The van der Waals surface area contributed by atoms with Gasteiger partial charge in [0.1, 0.15) is 0 Å². The Balaban J connectivity index is 1.07. The van der Waals surface area contributed by atoms with E-state index in [9.17, 15) is 0 Å². The third-order valence-electron chi connectivity index (χ3n) is 11.0. The number of aromatic nitrogens is 3. The van der Waals surface area contributed by atoms with Gasteiger partial charge in [0.2, 0.25) is 0 Å². The molecular formula is C50H29N3S2. The Morgan fingerprint density at radius 1 is 0.382 bits per heavy atom. The van der Waals surface area contributed by atoms with Crippen molar-refractivity contribution >= 4 is 95.6 Å². The normalized spacial score (nSPS) is 12.0. The number of nitrogens with zero attached hydrogens (tertiary/aromatic N) is 3. The second-order valence-corrected chi connectivity index (χ2v) is 16.2. The van der Waals surface area contributed by atoms with Gasteiger partial charge in [-0.3, -0.25) is 0 Å². The molecule has 256 valence electrons. The summed E-state index contributed by atoms with van der Waals surface area (Å²) in [6.07, 6.45) is 0. The molecular weight excluding hydrogens is 707 g/mol. The van der Waals surface area contributed by atoms with Gasteiger partial charge in [0.05, 0.1) is 22.4 Å². The molecule has 0 saturated carbocycles. The SMILES string of the molecule is c1ccc(-c2cc(-c3ccc4sc5ccccc5c4c3)nc(-c3ccc(-n4c5ccccc5c5c6ccccc6c6sc7ccccc7c6c54)cc3)n2)cc1. The lowest BCUT2D eigenvalue weighted by Gasteiger charge is -2.12. The third kappa shape index (κ3) is 4.67. The molecule has 4 heterocycles. The van der Waals surface area contributed by atoms with E-state index in [-0.39, 0.29) is 0 Å². The summed E-state index contributed by atoms with van der Waals surface area (Å²) >= 11 is 3.72. The van der Waals surface area contributed by atoms with Gasteiger partial charge >= 0.3 is 0 Å². The van der Waals surface area contributed by atoms with Gasteiger partial charge in [-0.25, -0.2) is 9.97 Å². The molecule has 0 atom stereocenters. The summed E-state index contributed by atoms with van der Waals surface area (Å²) in [5.74, 6) is 0.706. The van der Waals surface area contributed by atoms with Gasteiger partial charge in [0, 0.05) is 78.9 Å². The number of hydrogen-bond donors (Lipinski definition) is 0. The Morgan fingerprint density at radius 2 is 0.982 bits per heavy atom. The minimum absolute atomic E-state index is 0.706. The molecule has 0 fully saturated rings. The lowest BCUT2D eigenvalue weighted by Crippen LogP contribution is -1.97. The molecule has 0 aliphatic heterocycles. The molecule has 0 saturated heterocycles. The van der Waals surface area contributed by atoms with Crippen molar-refractivity contribution in [2.75, 3.05) is 0 Å². The topological polar surface area (TPSA) is 30.7 Å². The zero-order chi connectivity index (χ0) is 36.0. The van der Waals surface area contributed by atoms with Crippen LogP contribution in [0.4, 0.5) is 0 Å². The highest BCUT2D eigenvalue weighted by molar-refractivity contribution is 7.27. The van der Waals surface area contributed by atoms with Crippen LogP contribution < -0.4 is 0 Å². The van der Waals surface area contributed by atoms with Crippen LogP contribution in [0.5, 0.6) is 0 Å². The Hall–Kier alpha value is -6.66. The van der Waals surface area contributed by atoms with E-state index in [1.807, 2.05) is 28.7 Å². The summed E-state index contributed by atoms with van der Waals surface area (Å²) in [4.78, 5) is 10.4. The molecule has 0 amide bonds. The molecule has 3 nitrogen and oxygen atoms in total. The number of benzene rings is 8. The first-order chi connectivity index (χ1) is 27.3. The van der Waals surface area contributed by atoms with Crippen LogP contribution in [-0.2, 0) is 0 Å². The number of rotatable bonds is 4. The summed E-state index contributed by atoms with van der Waals surface area (Å²) in [5.41, 5.74) is 8.49. The lowest BCUT2D eigenvalue weighted by atomic mass is 10.00. The zero-order valence-corrected chi connectivity index (χ0v) is 31.0. The third-order valence-corrected chi connectivity index (χ3v) is 13.4. The van der Waals surface area contributed by atoms with E-state index in [0.29, 0.717) is 5.82 Å². The fraction of sp³-hybridized carbons (Fsp3) is 0. The van der Waals surface area contributed by atoms with E-state index >= 15 is 0 Å². The van der Waals surface area contributed by atoms with Crippen LogP contribution >= 0.6 is 22.7 Å². The van der Waals surface area contributed by atoms with Crippen LogP contribution in [0.3, 0.4) is 0 Å². The zero-order valence-electron chi connectivity index (χ0n) is 29.4. The highest BCUT2D eigenvalue weighted by atomic mass is 32.1. The predicted octanol–water partition coefficient (Wildman–Crippen LogP) is 14.5. The number of hydrogen-bond acceptors (Lipinski definition) is 4. The van der Waals surface area contributed by atoms with Crippen molar-refractivity contribution in [2.24, 2.45) is 0 Å². The Labute approximate surface area is 324 Å². The van der Waals surface area contributed by atoms with Gasteiger partial charge in [-0.05, 0) is 66.0 Å². The van der Waals surface area contributed by atoms with Crippen molar-refractivity contribution in [1.29, 1.82) is 0 Å². The van der Waals surface area contributed by atoms with Crippen LogP contribution in [0.1, 0.15) is 0 Å². The Kier molecular flexibility index (Phi) is 6.67. The maximum absolute atomic E-state index is 5.25. The quantitative estimate of drug-likeness (QED) is 0.180. The molecule has 0 N–H and O–H groups in total. The standard InChI is InChI=1S/C50H29N3S2/c1-2-12-30(13-3-1)40-29-41(32-24-27-45-39(28-32)34-14-7-10-20-43(34)54-45)52-50(51-40)31-22-25-33(26-23-31)53-42-19-9-6-17-37(42)46-35-15-4-5-16-36(35)49-47(48(46)53)38-18-8-11-21-44(38)55-49/h1-29H. The Bertz CT molecular complexity index is 3480. The first-order valence-electron chi connectivity index (χ1n) is 18.5. The number of para-hydroxylation sites is 1. The van der Waals surface area contributed by atoms with Crippen LogP contribution in [0, 0.1) is 0 Å². The lowest BCUT2D eigenvalue weighted by molar-refractivity contribution is 1.17. The van der Waals surface area contributed by atoms with Crippen molar-refractivity contribution in [1.82, 2.24) is 14.5 Å². The monoisotopic (exact) mass is 735 g/mol. The minimum atomic E-state index is 0.706. The van der Waals surface area contributed by atoms with Crippen molar-refractivity contribution in [3.8, 4) is 39.6 Å². The van der Waals surface area contributed by atoms with Crippen molar-refractivity contribution in [3.05, 3.63) is 176 Å². The van der Waals surface area contributed by atoms with Gasteiger partial charge < -0.3 is 4.57 Å². The van der Waals surface area contributed by atoms with Crippen LogP contribution in [0.25, 0.3) is 113 Å². The van der Waals surface area contributed by atoms with E-state index in [2.05, 4.69) is 174 Å². The molecule has 0 aliphatic carbocycles. The number of fused-ring (bicyclic) bond motifs is 13. The number of thiophene rings is 2. The van der Waals surface area contributed by atoms with Crippen LogP contribution in [-0.4, -0.2) is 14.5 Å².